The molecular weight excluding hydrogens is 288 g/mol. The average molecular weight is 307 g/mol. The van der Waals surface area contributed by atoms with E-state index in [-0.39, 0.29) is 0 Å². The van der Waals surface area contributed by atoms with Crippen molar-refractivity contribution < 1.29 is 9.59 Å². The Morgan fingerprint density at radius 1 is 1.33 bits per heavy atom. The van der Waals surface area contributed by atoms with Gasteiger partial charge in [0.05, 0.1) is 22.0 Å². The number of piperidine rings is 1. The number of carbonyl (C=O) groups is 2. The summed E-state index contributed by atoms with van der Waals surface area (Å²) in [4.78, 5) is 25.5. The summed E-state index contributed by atoms with van der Waals surface area (Å²) in [7, 11) is 0. The third kappa shape index (κ3) is 2.53. The SMILES string of the molecule is CCCC1CCCCN1c1cc2c(cc1Cl)C(=O)C(=O)N2. The maximum absolute atomic E-state index is 11.7. The van der Waals surface area contributed by atoms with Crippen LogP contribution in [0.15, 0.2) is 12.1 Å². The van der Waals surface area contributed by atoms with Gasteiger partial charge in [0.2, 0.25) is 0 Å². The maximum Gasteiger partial charge on any atom is 0.296 e. The van der Waals surface area contributed by atoms with E-state index in [2.05, 4.69) is 17.1 Å². The van der Waals surface area contributed by atoms with Gasteiger partial charge < -0.3 is 10.2 Å². The fourth-order valence-corrected chi connectivity index (χ4v) is 3.60. The molecule has 1 aromatic carbocycles. The molecule has 1 atom stereocenters. The van der Waals surface area contributed by atoms with Gasteiger partial charge in [0.25, 0.3) is 11.7 Å². The number of amides is 1. The van der Waals surface area contributed by atoms with Crippen molar-refractivity contribution in [1.29, 1.82) is 0 Å². The molecule has 0 aliphatic carbocycles. The Morgan fingerprint density at radius 2 is 2.14 bits per heavy atom. The molecule has 2 aliphatic heterocycles. The van der Waals surface area contributed by atoms with Crippen molar-refractivity contribution in [3.05, 3.63) is 22.7 Å². The molecule has 112 valence electrons. The van der Waals surface area contributed by atoms with Crippen LogP contribution in [-0.4, -0.2) is 24.3 Å². The molecule has 0 aromatic heterocycles. The second kappa shape index (κ2) is 5.68. The van der Waals surface area contributed by atoms with Crippen LogP contribution in [0, 0.1) is 0 Å². The van der Waals surface area contributed by atoms with Gasteiger partial charge >= 0.3 is 0 Å². The predicted molar refractivity (Wildman–Crippen MR) is 84.3 cm³/mol. The van der Waals surface area contributed by atoms with E-state index in [1.54, 1.807) is 6.07 Å². The van der Waals surface area contributed by atoms with E-state index in [0.29, 0.717) is 22.3 Å². The van der Waals surface area contributed by atoms with E-state index in [4.69, 9.17) is 11.6 Å². The Kier molecular flexibility index (Phi) is 3.89. The Bertz CT molecular complexity index is 598. The highest BCUT2D eigenvalue weighted by atomic mass is 35.5. The van der Waals surface area contributed by atoms with Crippen LogP contribution in [0.2, 0.25) is 5.02 Å². The van der Waals surface area contributed by atoms with Crippen LogP contribution in [0.1, 0.15) is 49.4 Å². The summed E-state index contributed by atoms with van der Waals surface area (Å²) in [6.45, 7) is 3.17. The number of nitrogens with zero attached hydrogens (tertiary/aromatic N) is 1. The first-order valence-corrected chi connectivity index (χ1v) is 7.95. The summed E-state index contributed by atoms with van der Waals surface area (Å²) in [6.07, 6.45) is 5.85. The first-order valence-electron chi connectivity index (χ1n) is 7.57. The first kappa shape index (κ1) is 14.4. The molecule has 1 unspecified atom stereocenters. The van der Waals surface area contributed by atoms with Gasteiger partial charge in [-0.15, -0.1) is 0 Å². The topological polar surface area (TPSA) is 49.4 Å². The van der Waals surface area contributed by atoms with Crippen molar-refractivity contribution in [2.45, 2.75) is 45.1 Å². The van der Waals surface area contributed by atoms with Crippen LogP contribution in [0.4, 0.5) is 11.4 Å². The lowest BCUT2D eigenvalue weighted by atomic mass is 9.97. The number of halogens is 1. The minimum absolute atomic E-state index is 0.387. The van der Waals surface area contributed by atoms with Gasteiger partial charge in [-0.25, -0.2) is 0 Å². The van der Waals surface area contributed by atoms with Gasteiger partial charge in [-0.2, -0.15) is 0 Å². The molecule has 1 amide bonds. The summed E-state index contributed by atoms with van der Waals surface area (Å²) in [5.74, 6) is -1.07. The van der Waals surface area contributed by atoms with Crippen LogP contribution in [0.3, 0.4) is 0 Å². The number of carbonyl (C=O) groups excluding carboxylic acids is 2. The quantitative estimate of drug-likeness (QED) is 0.867. The largest absolute Gasteiger partial charge is 0.367 e. The number of hydrogen-bond acceptors (Lipinski definition) is 3. The van der Waals surface area contributed by atoms with Crippen molar-refractivity contribution in [3.63, 3.8) is 0 Å². The lowest BCUT2D eigenvalue weighted by Gasteiger charge is -2.38. The van der Waals surface area contributed by atoms with Gasteiger partial charge in [0.15, 0.2) is 0 Å². The van der Waals surface area contributed by atoms with Crippen LogP contribution >= 0.6 is 11.6 Å². The maximum atomic E-state index is 11.7. The molecule has 2 heterocycles. The van der Waals surface area contributed by atoms with Crippen molar-refractivity contribution in [2.24, 2.45) is 0 Å². The van der Waals surface area contributed by atoms with Crippen molar-refractivity contribution in [1.82, 2.24) is 0 Å². The molecule has 1 fully saturated rings. The highest BCUT2D eigenvalue weighted by molar-refractivity contribution is 6.52. The van der Waals surface area contributed by atoms with Gasteiger partial charge in [-0.3, -0.25) is 9.59 Å². The fraction of sp³-hybridized carbons (Fsp3) is 0.500. The molecule has 0 bridgehead atoms. The second-order valence-corrected chi connectivity index (χ2v) is 6.17. The molecule has 1 saturated heterocycles. The van der Waals surface area contributed by atoms with Crippen molar-refractivity contribution in [2.75, 3.05) is 16.8 Å². The molecule has 21 heavy (non-hydrogen) atoms. The number of nitrogens with one attached hydrogen (secondary N) is 1. The molecule has 0 radical (unpaired) electrons. The number of fused-ring (bicyclic) bond motifs is 1. The number of Topliss-reactive ketones (excluding diaryl/α,β-unsaturated/α-hetero) is 1. The van der Waals surface area contributed by atoms with Crippen LogP contribution in [0.25, 0.3) is 0 Å². The molecule has 4 nitrogen and oxygen atoms in total. The molecule has 0 spiro atoms. The van der Waals surface area contributed by atoms with E-state index in [1.165, 1.54) is 12.8 Å². The third-order valence-electron chi connectivity index (χ3n) is 4.34. The predicted octanol–water partition coefficient (Wildman–Crippen LogP) is 3.63. The van der Waals surface area contributed by atoms with E-state index in [0.717, 1.165) is 31.5 Å². The van der Waals surface area contributed by atoms with E-state index < -0.39 is 11.7 Å². The Balaban J connectivity index is 1.97. The van der Waals surface area contributed by atoms with Crippen LogP contribution < -0.4 is 10.2 Å². The zero-order chi connectivity index (χ0) is 15.0. The molecule has 0 saturated carbocycles. The Morgan fingerprint density at radius 3 is 2.90 bits per heavy atom. The van der Waals surface area contributed by atoms with Crippen LogP contribution in [-0.2, 0) is 4.79 Å². The summed E-state index contributed by atoms with van der Waals surface area (Å²) in [6, 6.07) is 3.98. The van der Waals surface area contributed by atoms with Gasteiger partial charge in [-0.1, -0.05) is 24.9 Å². The number of benzene rings is 1. The van der Waals surface area contributed by atoms with Gasteiger partial charge in [-0.05, 0) is 37.8 Å². The molecule has 1 aromatic rings. The third-order valence-corrected chi connectivity index (χ3v) is 4.65. The Hall–Kier alpha value is -1.55. The molecule has 5 heteroatoms. The van der Waals surface area contributed by atoms with E-state index in [9.17, 15) is 9.59 Å². The monoisotopic (exact) mass is 306 g/mol. The highest BCUT2D eigenvalue weighted by Gasteiger charge is 2.31. The number of ketones is 1. The molecule has 2 aliphatic rings. The van der Waals surface area contributed by atoms with Gasteiger partial charge in [0.1, 0.15) is 0 Å². The standard InChI is InChI=1S/C16H19ClN2O2/c1-2-5-10-6-3-4-7-19(10)14-9-13-11(8-12(14)17)15(20)16(21)18-13/h8-10H,2-7H2,1H3,(H,18,20,21). The van der Waals surface area contributed by atoms with Crippen molar-refractivity contribution in [3.8, 4) is 0 Å². The van der Waals surface area contributed by atoms with Crippen LogP contribution in [0.5, 0.6) is 0 Å². The lowest BCUT2D eigenvalue weighted by Crippen LogP contribution is -2.39. The van der Waals surface area contributed by atoms with E-state index >= 15 is 0 Å². The lowest BCUT2D eigenvalue weighted by molar-refractivity contribution is -0.112. The number of hydrogen-bond donors (Lipinski definition) is 1. The summed E-state index contributed by atoms with van der Waals surface area (Å²) in [5, 5.41) is 3.18. The summed E-state index contributed by atoms with van der Waals surface area (Å²) < 4.78 is 0. The van der Waals surface area contributed by atoms with Gasteiger partial charge in [0, 0.05) is 12.6 Å². The molecule has 1 N–H and O–H groups in total. The number of anilines is 2. The van der Waals surface area contributed by atoms with Crippen molar-refractivity contribution >= 4 is 34.7 Å². The first-order chi connectivity index (χ1) is 10.1. The smallest absolute Gasteiger partial charge is 0.296 e. The minimum Gasteiger partial charge on any atom is -0.367 e. The minimum atomic E-state index is -0.568. The fourth-order valence-electron chi connectivity index (χ4n) is 3.33. The second-order valence-electron chi connectivity index (χ2n) is 5.76. The summed E-state index contributed by atoms with van der Waals surface area (Å²) >= 11 is 6.39. The zero-order valence-electron chi connectivity index (χ0n) is 12.1. The normalized spacial score (nSPS) is 21.4. The Labute approximate surface area is 129 Å². The zero-order valence-corrected chi connectivity index (χ0v) is 12.9. The molecule has 3 rings (SSSR count). The molecular formula is C16H19ClN2O2. The summed E-state index contributed by atoms with van der Waals surface area (Å²) in [5.41, 5.74) is 1.91. The highest BCUT2D eigenvalue weighted by Crippen LogP contribution is 2.38. The average Bonchev–Trinajstić information content (AvgIpc) is 2.75. The number of rotatable bonds is 3. The van der Waals surface area contributed by atoms with E-state index in [1.807, 2.05) is 6.07 Å².